The van der Waals surface area contributed by atoms with Crippen LogP contribution in [0.3, 0.4) is 0 Å². The van der Waals surface area contributed by atoms with E-state index in [4.69, 9.17) is 0 Å². The lowest BCUT2D eigenvalue weighted by molar-refractivity contribution is 0.566. The van der Waals surface area contributed by atoms with Crippen LogP contribution in [0.2, 0.25) is 0 Å². The Bertz CT molecular complexity index is 390. The van der Waals surface area contributed by atoms with Crippen LogP contribution >= 0.6 is 0 Å². The van der Waals surface area contributed by atoms with E-state index in [2.05, 4.69) is 12.2 Å². The minimum Gasteiger partial charge on any atom is -0.382 e. The highest BCUT2D eigenvalue weighted by Gasteiger charge is 2.25. The summed E-state index contributed by atoms with van der Waals surface area (Å²) in [4.78, 5) is 0. The molecule has 0 saturated carbocycles. The first kappa shape index (κ1) is 12.3. The molecular weight excluding hydrogens is 220 g/mol. The highest BCUT2D eigenvalue weighted by molar-refractivity contribution is 5.58. The molecule has 1 nitrogen and oxygen atoms in total. The van der Waals surface area contributed by atoms with Crippen molar-refractivity contribution < 1.29 is 8.78 Å². The summed E-state index contributed by atoms with van der Waals surface area (Å²) >= 11 is 0. The van der Waals surface area contributed by atoms with E-state index in [0.717, 1.165) is 31.0 Å². The lowest BCUT2D eigenvalue weighted by Gasteiger charge is -2.09. The second-order valence-corrected chi connectivity index (χ2v) is 4.78. The Balaban J connectivity index is 2.01. The van der Waals surface area contributed by atoms with E-state index in [1.165, 1.54) is 25.3 Å². The van der Waals surface area contributed by atoms with Gasteiger partial charge in [0.15, 0.2) is 0 Å². The third-order valence-corrected chi connectivity index (χ3v) is 3.46. The predicted molar refractivity (Wildman–Crippen MR) is 66.3 cm³/mol. The van der Waals surface area contributed by atoms with Gasteiger partial charge in [-0.2, -0.15) is 0 Å². The Hall–Kier alpha value is -1.12. The van der Waals surface area contributed by atoms with Gasteiger partial charge >= 0.3 is 0 Å². The third kappa shape index (κ3) is 2.76. The van der Waals surface area contributed by atoms with Crippen molar-refractivity contribution in [1.29, 1.82) is 0 Å². The van der Waals surface area contributed by atoms with Gasteiger partial charge in [-0.3, -0.25) is 0 Å². The first-order valence-electron chi connectivity index (χ1n) is 6.45. The molecule has 1 aliphatic heterocycles. The number of halogens is 2. The molecule has 0 amide bonds. The molecule has 17 heavy (non-hydrogen) atoms. The maximum atomic E-state index is 13.5. The van der Waals surface area contributed by atoms with Gasteiger partial charge in [-0.25, -0.2) is 8.78 Å². The number of unbranched alkanes of at least 4 members (excludes halogenated alkanes) is 3. The zero-order valence-corrected chi connectivity index (χ0v) is 10.2. The topological polar surface area (TPSA) is 12.0 Å². The summed E-state index contributed by atoms with van der Waals surface area (Å²) in [6.07, 6.45) is 5.81. The van der Waals surface area contributed by atoms with Crippen molar-refractivity contribution in [2.75, 3.05) is 11.9 Å². The van der Waals surface area contributed by atoms with Crippen molar-refractivity contribution in [1.82, 2.24) is 0 Å². The minimum absolute atomic E-state index is 0.270. The molecule has 1 heterocycles. The summed E-state index contributed by atoms with van der Waals surface area (Å²) in [6.45, 7) is 2.92. The molecule has 1 N–H and O–H groups in total. The molecule has 0 aliphatic carbocycles. The quantitative estimate of drug-likeness (QED) is 0.749. The van der Waals surface area contributed by atoms with Crippen LogP contribution in [0.4, 0.5) is 14.5 Å². The lowest BCUT2D eigenvalue weighted by Crippen LogP contribution is -2.01. The van der Waals surface area contributed by atoms with Crippen molar-refractivity contribution >= 4 is 5.69 Å². The van der Waals surface area contributed by atoms with Gasteiger partial charge in [0.1, 0.15) is 11.6 Å². The second-order valence-electron chi connectivity index (χ2n) is 4.78. The number of hydrogen-bond acceptors (Lipinski definition) is 1. The Kier molecular flexibility index (Phi) is 3.97. The van der Waals surface area contributed by atoms with E-state index in [1.807, 2.05) is 0 Å². The second kappa shape index (κ2) is 5.48. The number of fused-ring (bicyclic) bond motifs is 1. The summed E-state index contributed by atoms with van der Waals surface area (Å²) in [5, 5.41) is 3.04. The maximum absolute atomic E-state index is 13.5. The van der Waals surface area contributed by atoms with Gasteiger partial charge in [-0.15, -0.1) is 0 Å². The molecule has 1 aromatic carbocycles. The van der Waals surface area contributed by atoms with Crippen molar-refractivity contribution in [2.24, 2.45) is 0 Å². The Morgan fingerprint density at radius 2 is 2.06 bits per heavy atom. The van der Waals surface area contributed by atoms with Gasteiger partial charge < -0.3 is 5.32 Å². The van der Waals surface area contributed by atoms with Gasteiger partial charge in [0.05, 0.1) is 5.69 Å². The fourth-order valence-corrected chi connectivity index (χ4v) is 2.51. The average Bonchev–Trinajstić information content (AvgIpc) is 2.68. The molecule has 0 spiro atoms. The van der Waals surface area contributed by atoms with Crippen molar-refractivity contribution in [3.63, 3.8) is 0 Å². The van der Waals surface area contributed by atoms with E-state index < -0.39 is 11.6 Å². The Morgan fingerprint density at radius 1 is 1.24 bits per heavy atom. The number of rotatable bonds is 5. The predicted octanol–water partition coefficient (Wildman–Crippen LogP) is 4.44. The van der Waals surface area contributed by atoms with Crippen LogP contribution in [0.5, 0.6) is 0 Å². The van der Waals surface area contributed by atoms with Crippen LogP contribution in [0.15, 0.2) is 12.1 Å². The Labute approximate surface area is 101 Å². The van der Waals surface area contributed by atoms with E-state index >= 15 is 0 Å². The minimum atomic E-state index is -0.469. The van der Waals surface area contributed by atoms with Crippen molar-refractivity contribution in [2.45, 2.75) is 44.9 Å². The highest BCUT2D eigenvalue weighted by Crippen LogP contribution is 2.37. The molecule has 0 bridgehead atoms. The van der Waals surface area contributed by atoms with Crippen LogP contribution in [0.25, 0.3) is 0 Å². The van der Waals surface area contributed by atoms with E-state index in [0.29, 0.717) is 5.69 Å². The molecule has 1 aliphatic rings. The first-order chi connectivity index (χ1) is 8.22. The lowest BCUT2D eigenvalue weighted by atomic mass is 9.94. The maximum Gasteiger partial charge on any atom is 0.149 e. The molecule has 1 atom stereocenters. The zero-order chi connectivity index (χ0) is 12.3. The third-order valence-electron chi connectivity index (χ3n) is 3.46. The summed E-state index contributed by atoms with van der Waals surface area (Å²) in [5.41, 5.74) is 1.32. The largest absolute Gasteiger partial charge is 0.382 e. The summed E-state index contributed by atoms with van der Waals surface area (Å²) in [7, 11) is 0. The molecule has 0 fully saturated rings. The van der Waals surface area contributed by atoms with Crippen LogP contribution in [0, 0.1) is 11.6 Å². The highest BCUT2D eigenvalue weighted by atomic mass is 19.1. The molecule has 94 valence electrons. The van der Waals surface area contributed by atoms with Gasteiger partial charge in [0.2, 0.25) is 0 Å². The van der Waals surface area contributed by atoms with Gasteiger partial charge in [0.25, 0.3) is 0 Å². The summed E-state index contributed by atoms with van der Waals surface area (Å²) < 4.78 is 26.6. The van der Waals surface area contributed by atoms with E-state index in [1.54, 1.807) is 0 Å². The monoisotopic (exact) mass is 239 g/mol. The Morgan fingerprint density at radius 3 is 2.82 bits per heavy atom. The van der Waals surface area contributed by atoms with Crippen LogP contribution in [0.1, 0.15) is 50.5 Å². The normalized spacial score (nSPS) is 17.9. The van der Waals surface area contributed by atoms with Crippen LogP contribution in [-0.4, -0.2) is 6.54 Å². The standard InChI is InChI=1S/C14H19F2N/c1-2-3-4-5-6-10-9-17-14-12(10)7-11(15)8-13(14)16/h7-8,10,17H,2-6,9H2,1H3. The van der Waals surface area contributed by atoms with Crippen LogP contribution in [-0.2, 0) is 0 Å². The number of hydrogen-bond donors (Lipinski definition) is 1. The molecule has 0 saturated heterocycles. The van der Waals surface area contributed by atoms with Crippen molar-refractivity contribution in [3.05, 3.63) is 29.3 Å². The fraction of sp³-hybridized carbons (Fsp3) is 0.571. The summed E-state index contributed by atoms with van der Waals surface area (Å²) in [6, 6.07) is 2.42. The SMILES string of the molecule is CCCCCCC1CNc2c(F)cc(F)cc21. The smallest absolute Gasteiger partial charge is 0.149 e. The van der Waals surface area contributed by atoms with Gasteiger partial charge in [0, 0.05) is 18.5 Å². The van der Waals surface area contributed by atoms with E-state index in [-0.39, 0.29) is 5.92 Å². The van der Waals surface area contributed by atoms with Crippen molar-refractivity contribution in [3.8, 4) is 0 Å². The molecule has 0 radical (unpaired) electrons. The molecule has 1 aromatic rings. The summed E-state index contributed by atoms with van der Waals surface area (Å²) in [5.74, 6) is -0.661. The van der Waals surface area contributed by atoms with Crippen LogP contribution < -0.4 is 5.32 Å². The number of benzene rings is 1. The molecule has 0 aromatic heterocycles. The molecule has 1 unspecified atom stereocenters. The average molecular weight is 239 g/mol. The molecule has 2 rings (SSSR count). The zero-order valence-electron chi connectivity index (χ0n) is 10.2. The number of nitrogens with one attached hydrogen (secondary N) is 1. The van der Waals surface area contributed by atoms with Gasteiger partial charge in [-0.1, -0.05) is 32.6 Å². The molecule has 3 heteroatoms. The first-order valence-corrected chi connectivity index (χ1v) is 6.45. The fourth-order valence-electron chi connectivity index (χ4n) is 2.51. The number of anilines is 1. The molecular formula is C14H19F2N. The van der Waals surface area contributed by atoms with Gasteiger partial charge in [-0.05, 0) is 18.1 Å². The van der Waals surface area contributed by atoms with E-state index in [9.17, 15) is 8.78 Å².